The van der Waals surface area contributed by atoms with E-state index in [4.69, 9.17) is 51.2 Å². The molecular formula is C46H75AlINO16. The highest BCUT2D eigenvalue weighted by Gasteiger charge is 2.54. The highest BCUT2D eigenvalue weighted by molar-refractivity contribution is 14.1. The van der Waals surface area contributed by atoms with Crippen LogP contribution < -0.4 is 5.32 Å². The molecule has 370 valence electrons. The quantitative estimate of drug-likeness (QED) is 0.119. The zero-order valence-corrected chi connectivity index (χ0v) is 43.3. The summed E-state index contributed by atoms with van der Waals surface area (Å²) in [4.78, 5) is 12.4. The molecule has 10 unspecified atom stereocenters. The summed E-state index contributed by atoms with van der Waals surface area (Å²) in [7, 11) is 0. The van der Waals surface area contributed by atoms with Crippen molar-refractivity contribution in [2.75, 3.05) is 13.2 Å². The van der Waals surface area contributed by atoms with E-state index in [1.807, 2.05) is 71.9 Å². The van der Waals surface area contributed by atoms with Gasteiger partial charge >= 0.3 is 12.3 Å². The molecule has 1 aromatic carbocycles. The standard InChI is InChI=1S/C46H74NO16.Al.HI.H/c1-20-22(3)33(19-54-18-31-15-13-12-14-16-31)59-43(24(20)5)60-38-25(6)28(9)55-44(36(38)51)62-40-23(4)21(2)27(8)57-46(40)61-39-26(7)29(10)56-45(37(39)52)63-41-34(47-30(11)49)42(53)58-32(17-48)35(41)50;;;/h12-16,20-29,32-46,48,50-52H,17-19H2,1-11H3,(H,47,49);;1H;/q-1;+2;;/p-1/t20?,21-,22+,23+,24?,25+,26+,27?,28?,29?,32?,33+,34?,35-,36?,37?,38+,39+,40?,41-,42-,43-,44+,45+,46+;;;/m1.../s1. The zero-order chi connectivity index (χ0) is 47.4. The summed E-state index contributed by atoms with van der Waals surface area (Å²) in [6, 6.07) is 9.05. The molecule has 5 N–H and O–H groups in total. The lowest BCUT2D eigenvalue weighted by Gasteiger charge is -2.51. The number of amides is 1. The van der Waals surface area contributed by atoms with Gasteiger partial charge in [0.25, 0.3) is 0 Å². The molecule has 19 heteroatoms. The summed E-state index contributed by atoms with van der Waals surface area (Å²) in [5.41, 5.74) is 1.09. The smallest absolute Gasteiger partial charge is 0.471 e. The normalized spacial score (nSPS) is 47.2. The van der Waals surface area contributed by atoms with Crippen molar-refractivity contribution in [1.29, 1.82) is 0 Å². The minimum atomic E-state index is -1.42. The van der Waals surface area contributed by atoms with Crippen molar-refractivity contribution in [2.45, 2.75) is 194 Å². The van der Waals surface area contributed by atoms with Gasteiger partial charge in [-0.15, -0.1) is 0 Å². The average Bonchev–Trinajstić information content (AvgIpc) is 3.27. The van der Waals surface area contributed by atoms with Crippen LogP contribution in [0.2, 0.25) is 0 Å². The molecule has 0 aliphatic carbocycles. The first-order valence-electron chi connectivity index (χ1n) is 23.5. The van der Waals surface area contributed by atoms with E-state index in [9.17, 15) is 25.2 Å². The molecule has 1 amide bonds. The number of aliphatic hydroxyl groups is 4. The molecule has 5 aliphatic heterocycles. The molecule has 0 aromatic heterocycles. The monoisotopic (exact) mass is 1050 g/mol. The number of carbonyl (C=O) groups is 1. The highest BCUT2D eigenvalue weighted by Crippen LogP contribution is 2.42. The van der Waals surface area contributed by atoms with Crippen molar-refractivity contribution in [3.63, 3.8) is 0 Å². The Labute approximate surface area is 402 Å². The second-order valence-corrected chi connectivity index (χ2v) is 21.7. The third kappa shape index (κ3) is 12.5. The molecule has 0 radical (unpaired) electrons. The van der Waals surface area contributed by atoms with Crippen LogP contribution >= 0.6 is 20.3 Å². The number of halogens is 1. The van der Waals surface area contributed by atoms with Crippen LogP contribution in [0.3, 0.4) is 0 Å². The van der Waals surface area contributed by atoms with Gasteiger partial charge in [0.05, 0.1) is 56.4 Å². The number of ether oxygens (including phenoxy) is 10. The van der Waals surface area contributed by atoms with Crippen molar-refractivity contribution in [3.8, 4) is 0 Å². The molecule has 5 aliphatic rings. The number of hydrogen-bond donors (Lipinski definition) is 5. The van der Waals surface area contributed by atoms with E-state index in [-0.39, 0.29) is 59.7 Å². The molecule has 0 saturated carbocycles. The molecule has 5 fully saturated rings. The van der Waals surface area contributed by atoms with Gasteiger partial charge in [0.2, 0.25) is 5.91 Å². The van der Waals surface area contributed by atoms with Gasteiger partial charge < -0.3 is 76.9 Å². The summed E-state index contributed by atoms with van der Waals surface area (Å²) in [6.07, 6.45) is -15.2. The Bertz CT molecular complexity index is 1630. The van der Waals surface area contributed by atoms with Crippen LogP contribution in [-0.2, 0) is 62.6 Å². The third-order valence-corrected chi connectivity index (χ3v) is 16.7. The Balaban J connectivity index is 1.17. The first kappa shape index (κ1) is 53.7. The first-order valence-corrected chi connectivity index (χ1v) is 29.2. The first-order chi connectivity index (χ1) is 30.9. The molecule has 17 nitrogen and oxygen atoms in total. The van der Waals surface area contributed by atoms with Gasteiger partial charge in [-0.05, 0) is 50.0 Å². The molecule has 0 bridgehead atoms. The fourth-order valence-electron chi connectivity index (χ4n) is 9.76. The van der Waals surface area contributed by atoms with Crippen molar-refractivity contribution in [1.82, 2.24) is 5.32 Å². The van der Waals surface area contributed by atoms with Gasteiger partial charge in [-0.3, -0.25) is 4.79 Å². The van der Waals surface area contributed by atoms with E-state index in [0.29, 0.717) is 13.2 Å². The summed E-state index contributed by atoms with van der Waals surface area (Å²) >= 11 is 1.02. The Hall–Kier alpha value is -0.648. The maximum Gasteiger partial charge on any atom is 0.527 e. The maximum atomic E-state index is 12.4. The second-order valence-electron chi connectivity index (χ2n) is 19.3. The van der Waals surface area contributed by atoms with Gasteiger partial charge in [-0.2, -0.15) is 20.3 Å². The average molecular weight is 1050 g/mol. The number of hydrogen-bond acceptors (Lipinski definition) is 16. The summed E-state index contributed by atoms with van der Waals surface area (Å²) in [5.74, 6) is -0.680. The van der Waals surface area contributed by atoms with Gasteiger partial charge in [0, 0.05) is 24.7 Å². The maximum absolute atomic E-state index is 12.4. The number of nitrogens with one attached hydrogen (secondary N) is 1. The van der Waals surface area contributed by atoms with Crippen LogP contribution in [0.4, 0.5) is 0 Å². The van der Waals surface area contributed by atoms with Gasteiger partial charge in [-0.25, -0.2) is 0 Å². The van der Waals surface area contributed by atoms with E-state index in [1.165, 1.54) is 6.92 Å². The molecule has 6 rings (SSSR count). The van der Waals surface area contributed by atoms with Crippen molar-refractivity contribution in [3.05, 3.63) is 35.9 Å². The Morgan fingerprint density at radius 2 is 1.12 bits per heavy atom. The van der Waals surface area contributed by atoms with Crippen molar-refractivity contribution < 1.29 is 76.4 Å². The van der Waals surface area contributed by atoms with Crippen molar-refractivity contribution in [2.24, 2.45) is 41.4 Å². The Morgan fingerprint density at radius 1 is 0.600 bits per heavy atom. The van der Waals surface area contributed by atoms with Crippen molar-refractivity contribution >= 4 is 38.5 Å². The fraction of sp³-hybridized carbons (Fsp3) is 0.848. The third-order valence-electron chi connectivity index (χ3n) is 15.1. The molecule has 5 saturated heterocycles. The highest BCUT2D eigenvalue weighted by atomic mass is 127. The fourth-order valence-corrected chi connectivity index (χ4v) is 11.2. The van der Waals surface area contributed by atoms with Gasteiger partial charge in [0.15, 0.2) is 31.5 Å². The number of benzene rings is 1. The Morgan fingerprint density at radius 3 is 1.69 bits per heavy atom. The topological polar surface area (TPSA) is 212 Å². The predicted octanol–water partition coefficient (Wildman–Crippen LogP) is 3.18. The summed E-state index contributed by atoms with van der Waals surface area (Å²) in [6.45, 7) is 21.9. The summed E-state index contributed by atoms with van der Waals surface area (Å²) in [5, 5.41) is 48.4. The van der Waals surface area contributed by atoms with Crippen LogP contribution in [0, 0.1) is 41.4 Å². The van der Waals surface area contributed by atoms with E-state index in [1.54, 1.807) is 0 Å². The lowest BCUT2D eigenvalue weighted by molar-refractivity contribution is -0.382. The number of aliphatic hydroxyl groups excluding tert-OH is 4. The number of rotatable bonds is 16. The van der Waals surface area contributed by atoms with E-state index in [0.717, 1.165) is 5.56 Å². The van der Waals surface area contributed by atoms with E-state index < -0.39 is 117 Å². The minimum absolute atomic E-state index is 0.0120. The van der Waals surface area contributed by atoms with E-state index in [2.05, 4.69) is 53.3 Å². The van der Waals surface area contributed by atoms with E-state index >= 15 is 0 Å². The van der Waals surface area contributed by atoms with Crippen LogP contribution in [0.15, 0.2) is 30.3 Å². The molecule has 5 heterocycles. The summed E-state index contributed by atoms with van der Waals surface area (Å²) < 4.78 is 70.4. The van der Waals surface area contributed by atoms with Gasteiger partial charge in [0.1, 0.15) is 42.7 Å². The molecule has 1 aromatic rings. The molecule has 65 heavy (non-hydrogen) atoms. The predicted molar refractivity (Wildman–Crippen MR) is 245 cm³/mol. The lowest BCUT2D eigenvalue weighted by atomic mass is 9.79. The lowest BCUT2D eigenvalue weighted by Crippen LogP contribution is -2.67. The Kier molecular flexibility index (Phi) is 19.8. The molecule has 0 spiro atoms. The second kappa shape index (κ2) is 24.0. The zero-order valence-electron chi connectivity index (χ0n) is 39.7. The molecule has 25 atom stereocenters. The van der Waals surface area contributed by atoms with Crippen LogP contribution in [0.1, 0.15) is 81.7 Å². The SMILES string of the molecule is CC(=O)NC1[C@H]([O][AlH][I])OC(CO)[C@@H](O)[C@@H]1O[C@@H]1OC(C)[C@H](C)[C@H](O[C@@H]2OC(C)[C@H](C)[C@H](C)C2O[C@@H]2OC(C)[C@H](C)[C@H](O[C@H]3O[C@@H](COCc4ccccc4)[C@@H](C)C(C)C3C)C2O)C1O. The van der Waals surface area contributed by atoms with Crippen LogP contribution in [0.25, 0.3) is 0 Å². The molecular weight excluding hydrogens is 976 g/mol. The van der Waals surface area contributed by atoms with Gasteiger partial charge in [-0.1, -0.05) is 78.8 Å². The largest absolute Gasteiger partial charge is 0.527 e. The van der Waals surface area contributed by atoms with Crippen LogP contribution in [0.5, 0.6) is 0 Å². The number of carbonyl (C=O) groups excluding carboxylic acids is 1. The minimum Gasteiger partial charge on any atom is -0.471 e. The van der Waals surface area contributed by atoms with Crippen LogP contribution in [-0.4, -0.2) is 163 Å².